The van der Waals surface area contributed by atoms with Gasteiger partial charge in [0.15, 0.2) is 0 Å². The molecule has 0 N–H and O–H groups in total. The van der Waals surface area contributed by atoms with Crippen molar-refractivity contribution in [3.05, 3.63) is 76.7 Å². The van der Waals surface area contributed by atoms with Gasteiger partial charge in [-0.25, -0.2) is 4.79 Å². The number of esters is 1. The Hall–Kier alpha value is -3.41. The topological polar surface area (TPSA) is 72.6 Å². The molecule has 1 heterocycles. The number of hydrogen-bond donors (Lipinski definition) is 0. The fourth-order valence-electron chi connectivity index (χ4n) is 2.68. The van der Waals surface area contributed by atoms with Gasteiger partial charge < -0.3 is 14.2 Å². The Balaban J connectivity index is 1.72. The van der Waals surface area contributed by atoms with Crippen LogP contribution >= 0.6 is 0 Å². The monoisotopic (exact) mass is 364 g/mol. The van der Waals surface area contributed by atoms with Crippen molar-refractivity contribution >= 4 is 17.6 Å². The highest BCUT2D eigenvalue weighted by atomic mass is 16.5. The van der Waals surface area contributed by atoms with Crippen LogP contribution in [-0.2, 0) is 0 Å². The standard InChI is InChI=1S/C21H20N2O4/c1-13-5-7-16(8-6-13)20(24)23(4)17-9-11-18(12-10-17)26-21(25)19-14(2)22-27-15(19)3/h5-12H,1-4H3. The summed E-state index contributed by atoms with van der Waals surface area (Å²) in [5.41, 5.74) is 3.21. The van der Waals surface area contributed by atoms with E-state index in [1.165, 1.54) is 0 Å². The van der Waals surface area contributed by atoms with Crippen molar-refractivity contribution in [2.45, 2.75) is 20.8 Å². The third kappa shape index (κ3) is 3.89. The van der Waals surface area contributed by atoms with Crippen LogP contribution in [0.4, 0.5) is 5.69 Å². The largest absolute Gasteiger partial charge is 0.423 e. The van der Waals surface area contributed by atoms with Crippen LogP contribution in [0.3, 0.4) is 0 Å². The molecule has 0 bridgehead atoms. The van der Waals surface area contributed by atoms with Crippen LogP contribution in [0.1, 0.15) is 37.7 Å². The molecular formula is C21H20N2O4. The van der Waals surface area contributed by atoms with Crippen molar-refractivity contribution in [1.29, 1.82) is 0 Å². The minimum Gasteiger partial charge on any atom is -0.423 e. The average Bonchev–Trinajstić information content (AvgIpc) is 3.00. The summed E-state index contributed by atoms with van der Waals surface area (Å²) < 4.78 is 10.4. The Bertz CT molecular complexity index is 953. The SMILES string of the molecule is Cc1ccc(C(=O)N(C)c2ccc(OC(=O)c3c(C)noc3C)cc2)cc1. The second-order valence-electron chi connectivity index (χ2n) is 6.31. The molecule has 0 aliphatic heterocycles. The summed E-state index contributed by atoms with van der Waals surface area (Å²) in [5.74, 6) is 0.149. The molecule has 0 spiro atoms. The van der Waals surface area contributed by atoms with Crippen LogP contribution < -0.4 is 9.64 Å². The molecule has 27 heavy (non-hydrogen) atoms. The Morgan fingerprint density at radius 3 is 2.15 bits per heavy atom. The first-order valence-electron chi connectivity index (χ1n) is 8.46. The third-order valence-corrected chi connectivity index (χ3v) is 4.28. The highest BCUT2D eigenvalue weighted by Gasteiger charge is 2.20. The van der Waals surface area contributed by atoms with Gasteiger partial charge >= 0.3 is 5.97 Å². The van der Waals surface area contributed by atoms with Crippen molar-refractivity contribution in [2.75, 3.05) is 11.9 Å². The molecule has 3 rings (SSSR count). The summed E-state index contributed by atoms with van der Waals surface area (Å²) >= 11 is 0. The number of aryl methyl sites for hydroxylation is 3. The molecule has 0 fully saturated rings. The molecule has 2 aromatic carbocycles. The lowest BCUT2D eigenvalue weighted by molar-refractivity contribution is 0.0732. The van der Waals surface area contributed by atoms with E-state index < -0.39 is 5.97 Å². The summed E-state index contributed by atoms with van der Waals surface area (Å²) in [6.45, 7) is 5.31. The minimum atomic E-state index is -0.525. The molecule has 0 aliphatic carbocycles. The molecule has 3 aromatic rings. The van der Waals surface area contributed by atoms with E-state index in [1.54, 1.807) is 62.2 Å². The quantitative estimate of drug-likeness (QED) is 0.515. The minimum absolute atomic E-state index is 0.115. The molecular weight excluding hydrogens is 344 g/mol. The zero-order chi connectivity index (χ0) is 19.6. The summed E-state index contributed by atoms with van der Waals surface area (Å²) in [4.78, 5) is 26.4. The van der Waals surface area contributed by atoms with E-state index in [9.17, 15) is 9.59 Å². The molecule has 0 atom stereocenters. The van der Waals surface area contributed by atoms with Gasteiger partial charge in [0.05, 0.1) is 5.69 Å². The smallest absolute Gasteiger partial charge is 0.349 e. The zero-order valence-electron chi connectivity index (χ0n) is 15.6. The number of carbonyl (C=O) groups excluding carboxylic acids is 2. The van der Waals surface area contributed by atoms with E-state index in [4.69, 9.17) is 9.26 Å². The number of benzene rings is 2. The summed E-state index contributed by atoms with van der Waals surface area (Å²) in [5, 5.41) is 3.75. The number of hydrogen-bond acceptors (Lipinski definition) is 5. The first kappa shape index (κ1) is 18.4. The molecule has 0 saturated carbocycles. The lowest BCUT2D eigenvalue weighted by atomic mass is 10.1. The number of carbonyl (C=O) groups is 2. The van der Waals surface area contributed by atoms with E-state index in [2.05, 4.69) is 5.16 Å². The predicted molar refractivity (Wildman–Crippen MR) is 101 cm³/mol. The van der Waals surface area contributed by atoms with Gasteiger partial charge in [0.25, 0.3) is 5.91 Å². The number of aromatic nitrogens is 1. The maximum absolute atomic E-state index is 12.6. The van der Waals surface area contributed by atoms with Gasteiger partial charge in [-0.15, -0.1) is 0 Å². The first-order chi connectivity index (χ1) is 12.9. The van der Waals surface area contributed by atoms with Gasteiger partial charge in [-0.05, 0) is 57.2 Å². The number of nitrogens with zero attached hydrogens (tertiary/aromatic N) is 2. The predicted octanol–water partition coefficient (Wildman–Crippen LogP) is 4.10. The highest BCUT2D eigenvalue weighted by molar-refractivity contribution is 6.05. The second kappa shape index (κ2) is 7.45. The average molecular weight is 364 g/mol. The molecule has 0 unspecified atom stereocenters. The van der Waals surface area contributed by atoms with E-state index in [1.807, 2.05) is 19.1 Å². The number of rotatable bonds is 4. The van der Waals surface area contributed by atoms with Crippen molar-refractivity contribution in [3.63, 3.8) is 0 Å². The Morgan fingerprint density at radius 2 is 1.59 bits per heavy atom. The first-order valence-corrected chi connectivity index (χ1v) is 8.46. The van der Waals surface area contributed by atoms with Crippen molar-refractivity contribution in [1.82, 2.24) is 5.16 Å². The molecule has 6 nitrogen and oxygen atoms in total. The molecule has 0 radical (unpaired) electrons. The third-order valence-electron chi connectivity index (χ3n) is 4.28. The van der Waals surface area contributed by atoms with Gasteiger partial charge in [-0.2, -0.15) is 0 Å². The zero-order valence-corrected chi connectivity index (χ0v) is 15.6. The lowest BCUT2D eigenvalue weighted by Gasteiger charge is -2.18. The second-order valence-corrected chi connectivity index (χ2v) is 6.31. The Labute approximate surface area is 157 Å². The normalized spacial score (nSPS) is 10.5. The van der Waals surface area contributed by atoms with Gasteiger partial charge in [-0.1, -0.05) is 22.9 Å². The van der Waals surface area contributed by atoms with Crippen molar-refractivity contribution in [2.24, 2.45) is 0 Å². The van der Waals surface area contributed by atoms with Gasteiger partial charge in [0.1, 0.15) is 17.1 Å². The van der Waals surface area contributed by atoms with Gasteiger partial charge in [0.2, 0.25) is 0 Å². The van der Waals surface area contributed by atoms with Crippen LogP contribution in [-0.4, -0.2) is 24.1 Å². The maximum atomic E-state index is 12.6. The Kier molecular flexibility index (Phi) is 5.07. The van der Waals surface area contributed by atoms with E-state index in [-0.39, 0.29) is 5.91 Å². The molecule has 1 aromatic heterocycles. The molecule has 138 valence electrons. The Morgan fingerprint density at radius 1 is 0.963 bits per heavy atom. The molecule has 0 saturated heterocycles. The van der Waals surface area contributed by atoms with Gasteiger partial charge in [-0.3, -0.25) is 4.79 Å². The lowest BCUT2D eigenvalue weighted by Crippen LogP contribution is -2.26. The van der Waals surface area contributed by atoms with Crippen molar-refractivity contribution in [3.8, 4) is 5.75 Å². The van der Waals surface area contributed by atoms with Crippen LogP contribution in [0.5, 0.6) is 5.75 Å². The van der Waals surface area contributed by atoms with E-state index >= 15 is 0 Å². The van der Waals surface area contributed by atoms with Crippen LogP contribution in [0.25, 0.3) is 0 Å². The highest BCUT2D eigenvalue weighted by Crippen LogP contribution is 2.22. The molecule has 1 amide bonds. The molecule has 0 aliphatic rings. The van der Waals surface area contributed by atoms with E-state index in [0.717, 1.165) is 5.56 Å². The maximum Gasteiger partial charge on any atom is 0.349 e. The fourth-order valence-corrected chi connectivity index (χ4v) is 2.68. The van der Waals surface area contributed by atoms with Crippen molar-refractivity contribution < 1.29 is 18.8 Å². The summed E-state index contributed by atoms with van der Waals surface area (Å²) in [6, 6.07) is 14.1. The van der Waals surface area contributed by atoms with Crippen LogP contribution in [0, 0.1) is 20.8 Å². The van der Waals surface area contributed by atoms with E-state index in [0.29, 0.717) is 34.0 Å². The van der Waals surface area contributed by atoms with Gasteiger partial charge in [0, 0.05) is 18.3 Å². The number of anilines is 1. The number of ether oxygens (including phenoxy) is 1. The van der Waals surface area contributed by atoms with Crippen LogP contribution in [0.2, 0.25) is 0 Å². The summed E-state index contributed by atoms with van der Waals surface area (Å²) in [6.07, 6.45) is 0. The molecule has 6 heteroatoms. The number of amides is 1. The van der Waals surface area contributed by atoms with Crippen LogP contribution in [0.15, 0.2) is 53.1 Å². The fraction of sp³-hybridized carbons (Fsp3) is 0.190. The summed E-state index contributed by atoms with van der Waals surface area (Å²) in [7, 11) is 1.70.